The summed E-state index contributed by atoms with van der Waals surface area (Å²) in [7, 11) is 3.21. The molecular formula is C20H23N5O3. The highest BCUT2D eigenvalue weighted by Gasteiger charge is 2.51. The summed E-state index contributed by atoms with van der Waals surface area (Å²) in [6.45, 7) is 0.967. The third-order valence-corrected chi connectivity index (χ3v) is 5.22. The highest BCUT2D eigenvalue weighted by atomic mass is 16.3. The molecule has 3 amide bonds. The first-order valence-corrected chi connectivity index (χ1v) is 9.24. The van der Waals surface area contributed by atoms with Crippen LogP contribution in [0.1, 0.15) is 11.3 Å². The first kappa shape index (κ1) is 18.1. The van der Waals surface area contributed by atoms with Gasteiger partial charge in [0, 0.05) is 20.6 Å². The van der Waals surface area contributed by atoms with E-state index in [1.165, 1.54) is 17.5 Å². The number of carbonyl (C=O) groups excluding carboxylic acids is 2. The zero-order valence-electron chi connectivity index (χ0n) is 15.9. The Bertz CT molecular complexity index is 881. The average Bonchev–Trinajstić information content (AvgIpc) is 3.36. The number of likely N-dealkylation sites (N-methyl/N-ethyl adjacent to an activating group) is 2. The van der Waals surface area contributed by atoms with E-state index in [4.69, 9.17) is 4.42 Å². The molecule has 2 aliphatic rings. The highest BCUT2D eigenvalue weighted by Crippen LogP contribution is 2.24. The number of hydrogen-bond acceptors (Lipinski definition) is 4. The molecule has 0 saturated carbocycles. The molecule has 1 N–H and O–H groups in total. The summed E-state index contributed by atoms with van der Waals surface area (Å²) in [5, 5.41) is 3.26. The number of amides is 3. The fourth-order valence-corrected chi connectivity index (χ4v) is 3.65. The van der Waals surface area contributed by atoms with Crippen molar-refractivity contribution >= 4 is 17.9 Å². The van der Waals surface area contributed by atoms with Crippen LogP contribution in [0.4, 0.5) is 4.79 Å². The van der Waals surface area contributed by atoms with Crippen LogP contribution in [0, 0.1) is 0 Å². The van der Waals surface area contributed by atoms with Gasteiger partial charge in [-0.25, -0.2) is 9.79 Å². The maximum atomic E-state index is 12.9. The first-order valence-electron chi connectivity index (χ1n) is 9.24. The van der Waals surface area contributed by atoms with E-state index in [0.717, 1.165) is 12.2 Å². The van der Waals surface area contributed by atoms with Crippen LogP contribution in [0.5, 0.6) is 0 Å². The number of rotatable bonds is 5. The second-order valence-electron chi connectivity index (χ2n) is 6.97. The Hall–Kier alpha value is -3.29. The molecule has 8 heteroatoms. The van der Waals surface area contributed by atoms with Gasteiger partial charge in [-0.2, -0.15) is 0 Å². The van der Waals surface area contributed by atoms with Gasteiger partial charge in [0.15, 0.2) is 12.0 Å². The second-order valence-corrected chi connectivity index (χ2v) is 6.97. The second kappa shape index (κ2) is 7.38. The van der Waals surface area contributed by atoms with E-state index in [9.17, 15) is 9.59 Å². The maximum Gasteiger partial charge on any atom is 0.327 e. The molecule has 28 heavy (non-hydrogen) atoms. The Balaban J connectivity index is 1.61. The Morgan fingerprint density at radius 1 is 1.11 bits per heavy atom. The number of carbonyl (C=O) groups is 2. The minimum absolute atomic E-state index is 0.225. The van der Waals surface area contributed by atoms with Crippen molar-refractivity contribution in [1.82, 2.24) is 20.0 Å². The molecule has 2 aromatic rings. The molecule has 3 heterocycles. The monoisotopic (exact) mass is 381 g/mol. The molecule has 146 valence electrons. The highest BCUT2D eigenvalue weighted by molar-refractivity contribution is 6.04. The predicted molar refractivity (Wildman–Crippen MR) is 103 cm³/mol. The molecule has 2 aliphatic heterocycles. The van der Waals surface area contributed by atoms with Crippen molar-refractivity contribution in [3.63, 3.8) is 0 Å². The average molecular weight is 381 g/mol. The summed E-state index contributed by atoms with van der Waals surface area (Å²) in [5.74, 6) is 1.11. The van der Waals surface area contributed by atoms with Gasteiger partial charge in [0.1, 0.15) is 18.5 Å². The van der Waals surface area contributed by atoms with E-state index in [2.05, 4.69) is 22.4 Å². The topological polar surface area (TPSA) is 81.4 Å². The number of furan rings is 1. The summed E-state index contributed by atoms with van der Waals surface area (Å²) >= 11 is 0. The van der Waals surface area contributed by atoms with Gasteiger partial charge in [0.2, 0.25) is 0 Å². The lowest BCUT2D eigenvalue weighted by molar-refractivity contribution is -0.136. The molecule has 1 aromatic heterocycles. The van der Waals surface area contributed by atoms with Crippen LogP contribution in [0.25, 0.3) is 0 Å². The lowest BCUT2D eigenvalue weighted by Gasteiger charge is -2.39. The SMILES string of the molecule is CN1C(=O)[C@@H]2[C@H](NC(=NCc3ccco3)N2CCc2ccccc2)N(C)C1=O. The van der Waals surface area contributed by atoms with Crippen molar-refractivity contribution in [3.8, 4) is 0 Å². The summed E-state index contributed by atoms with van der Waals surface area (Å²) < 4.78 is 5.36. The Kier molecular flexibility index (Phi) is 4.77. The molecule has 0 unspecified atom stereocenters. The van der Waals surface area contributed by atoms with Crippen LogP contribution < -0.4 is 5.32 Å². The number of guanidine groups is 1. The third-order valence-electron chi connectivity index (χ3n) is 5.22. The van der Waals surface area contributed by atoms with Gasteiger partial charge in [-0.1, -0.05) is 30.3 Å². The standard InChI is InChI=1S/C20H23N5O3/c1-23-17-16(18(26)24(2)20(23)27)25(11-10-14-7-4-3-5-8-14)19(22-17)21-13-15-9-6-12-28-15/h3-9,12,16-17H,10-11,13H2,1-2H3,(H,21,22)/t16-,17+/m0/s1. The van der Waals surface area contributed by atoms with Gasteiger partial charge in [-0.05, 0) is 24.1 Å². The lowest BCUT2D eigenvalue weighted by atomic mass is 10.1. The Morgan fingerprint density at radius 2 is 1.89 bits per heavy atom. The number of benzene rings is 1. The molecule has 0 radical (unpaired) electrons. The van der Waals surface area contributed by atoms with Crippen LogP contribution in [-0.4, -0.2) is 65.4 Å². The van der Waals surface area contributed by atoms with E-state index >= 15 is 0 Å². The molecule has 2 atom stereocenters. The van der Waals surface area contributed by atoms with E-state index in [1.807, 2.05) is 35.2 Å². The number of fused-ring (bicyclic) bond motifs is 1. The van der Waals surface area contributed by atoms with Crippen molar-refractivity contribution in [1.29, 1.82) is 0 Å². The summed E-state index contributed by atoms with van der Waals surface area (Å²) in [4.78, 5) is 34.5. The maximum absolute atomic E-state index is 12.9. The van der Waals surface area contributed by atoms with Crippen LogP contribution >= 0.6 is 0 Å². The number of nitrogens with one attached hydrogen (secondary N) is 1. The van der Waals surface area contributed by atoms with E-state index in [1.54, 1.807) is 18.2 Å². The third kappa shape index (κ3) is 3.21. The Morgan fingerprint density at radius 3 is 2.61 bits per heavy atom. The normalized spacial score (nSPS) is 23.4. The minimum atomic E-state index is -0.508. The Labute approximate surface area is 163 Å². The van der Waals surface area contributed by atoms with E-state index < -0.39 is 12.2 Å². The first-order chi connectivity index (χ1) is 13.6. The van der Waals surface area contributed by atoms with Crippen LogP contribution in [0.2, 0.25) is 0 Å². The molecule has 2 saturated heterocycles. The molecule has 4 rings (SSSR count). The van der Waals surface area contributed by atoms with Crippen molar-refractivity contribution < 1.29 is 14.0 Å². The molecule has 8 nitrogen and oxygen atoms in total. The van der Waals surface area contributed by atoms with Gasteiger partial charge in [0.25, 0.3) is 5.91 Å². The number of nitrogens with zero attached hydrogens (tertiary/aromatic N) is 4. The minimum Gasteiger partial charge on any atom is -0.467 e. The summed E-state index contributed by atoms with van der Waals surface area (Å²) in [6.07, 6.45) is 1.93. The quantitative estimate of drug-likeness (QED) is 0.849. The largest absolute Gasteiger partial charge is 0.467 e. The fourth-order valence-electron chi connectivity index (χ4n) is 3.65. The molecule has 2 fully saturated rings. The smallest absolute Gasteiger partial charge is 0.327 e. The van der Waals surface area contributed by atoms with Crippen molar-refractivity contribution in [2.45, 2.75) is 25.2 Å². The van der Waals surface area contributed by atoms with Crippen LogP contribution in [-0.2, 0) is 17.8 Å². The lowest BCUT2D eigenvalue weighted by Crippen LogP contribution is -2.65. The van der Waals surface area contributed by atoms with E-state index in [0.29, 0.717) is 19.0 Å². The van der Waals surface area contributed by atoms with Crippen LogP contribution in [0.3, 0.4) is 0 Å². The van der Waals surface area contributed by atoms with Crippen molar-refractivity contribution in [2.24, 2.45) is 4.99 Å². The van der Waals surface area contributed by atoms with Crippen molar-refractivity contribution in [3.05, 3.63) is 60.1 Å². The summed E-state index contributed by atoms with van der Waals surface area (Å²) in [5.41, 5.74) is 1.18. The van der Waals surface area contributed by atoms with Crippen molar-refractivity contribution in [2.75, 3.05) is 20.6 Å². The number of aliphatic imine (C=N–C) groups is 1. The number of hydrogen-bond donors (Lipinski definition) is 1. The number of imide groups is 1. The molecule has 1 aromatic carbocycles. The number of urea groups is 1. The van der Waals surface area contributed by atoms with Gasteiger partial charge in [-0.3, -0.25) is 9.69 Å². The predicted octanol–water partition coefficient (Wildman–Crippen LogP) is 1.50. The van der Waals surface area contributed by atoms with Crippen LogP contribution in [0.15, 0.2) is 58.1 Å². The van der Waals surface area contributed by atoms with Gasteiger partial charge < -0.3 is 19.5 Å². The molecule has 0 spiro atoms. The molecule has 0 aliphatic carbocycles. The fraction of sp³-hybridized carbons (Fsp3) is 0.350. The zero-order chi connectivity index (χ0) is 19.7. The van der Waals surface area contributed by atoms with E-state index in [-0.39, 0.29) is 11.9 Å². The molecule has 0 bridgehead atoms. The van der Waals surface area contributed by atoms with Gasteiger partial charge in [0.05, 0.1) is 6.26 Å². The molecular weight excluding hydrogens is 358 g/mol. The van der Waals surface area contributed by atoms with Gasteiger partial charge >= 0.3 is 6.03 Å². The van der Waals surface area contributed by atoms with Gasteiger partial charge in [-0.15, -0.1) is 0 Å². The summed E-state index contributed by atoms with van der Waals surface area (Å²) in [6, 6.07) is 12.9. The zero-order valence-corrected chi connectivity index (χ0v) is 15.9.